The third-order valence-electron chi connectivity index (χ3n) is 4.11. The van der Waals surface area contributed by atoms with Crippen LogP contribution in [0.5, 0.6) is 5.75 Å². The van der Waals surface area contributed by atoms with Crippen LogP contribution in [0.25, 0.3) is 11.0 Å². The van der Waals surface area contributed by atoms with E-state index in [1.807, 2.05) is 26.0 Å². The van der Waals surface area contributed by atoms with E-state index in [4.69, 9.17) is 21.3 Å². The molecule has 1 fully saturated rings. The molecule has 2 unspecified atom stereocenters. The molecule has 3 rings (SSSR count). The monoisotopic (exact) mass is 306 g/mol. The predicted molar refractivity (Wildman–Crippen MR) is 87.1 cm³/mol. The van der Waals surface area contributed by atoms with Gasteiger partial charge in [-0.25, -0.2) is 4.98 Å². The number of imidazole rings is 1. The van der Waals surface area contributed by atoms with Crippen molar-refractivity contribution in [1.29, 1.82) is 0 Å². The molecule has 1 aliphatic carbocycles. The number of alkyl halides is 1. The molecule has 4 heteroatoms. The summed E-state index contributed by atoms with van der Waals surface area (Å²) in [6.07, 6.45) is 3.92. The van der Waals surface area contributed by atoms with Crippen LogP contribution in [0, 0.1) is 5.92 Å². The van der Waals surface area contributed by atoms with Gasteiger partial charge in [-0.05, 0) is 44.7 Å². The van der Waals surface area contributed by atoms with Gasteiger partial charge < -0.3 is 9.30 Å². The lowest BCUT2D eigenvalue weighted by molar-refractivity contribution is 0.245. The van der Waals surface area contributed by atoms with E-state index in [9.17, 15) is 0 Å². The first-order chi connectivity index (χ1) is 10.2. The summed E-state index contributed by atoms with van der Waals surface area (Å²) in [5.41, 5.74) is 2.11. The Bertz CT molecular complexity index is 635. The van der Waals surface area contributed by atoms with Crippen LogP contribution in [0.4, 0.5) is 0 Å². The van der Waals surface area contributed by atoms with Gasteiger partial charge in [0.15, 0.2) is 0 Å². The van der Waals surface area contributed by atoms with Gasteiger partial charge in [0.25, 0.3) is 0 Å². The van der Waals surface area contributed by atoms with Gasteiger partial charge in [0.2, 0.25) is 0 Å². The molecule has 0 spiro atoms. The molecular formula is C17H23ClN2O. The van der Waals surface area contributed by atoms with E-state index >= 15 is 0 Å². The molecule has 0 amide bonds. The highest BCUT2D eigenvalue weighted by Gasteiger charge is 2.39. The van der Waals surface area contributed by atoms with Crippen molar-refractivity contribution in [3.05, 3.63) is 24.0 Å². The quantitative estimate of drug-likeness (QED) is 0.708. The Morgan fingerprint density at radius 1 is 1.43 bits per heavy atom. The molecule has 3 nitrogen and oxygen atoms in total. The highest BCUT2D eigenvalue weighted by Crippen LogP contribution is 2.49. The maximum absolute atomic E-state index is 6.13. The summed E-state index contributed by atoms with van der Waals surface area (Å²) in [7, 11) is 0. The topological polar surface area (TPSA) is 27.1 Å². The number of rotatable bonds is 6. The molecule has 0 N–H and O–H groups in total. The highest BCUT2D eigenvalue weighted by molar-refractivity contribution is 6.16. The van der Waals surface area contributed by atoms with Crippen LogP contribution in [0.15, 0.2) is 18.2 Å². The van der Waals surface area contributed by atoms with E-state index in [1.54, 1.807) is 0 Å². The number of ether oxygens (including phenoxy) is 1. The van der Waals surface area contributed by atoms with Crippen LogP contribution in [0.3, 0.4) is 0 Å². The Kier molecular flexibility index (Phi) is 4.12. The van der Waals surface area contributed by atoms with Gasteiger partial charge in [-0.15, -0.1) is 11.6 Å². The van der Waals surface area contributed by atoms with Crippen LogP contribution in [-0.2, 0) is 5.88 Å². The average molecular weight is 307 g/mol. The minimum Gasteiger partial charge on any atom is -0.489 e. The fourth-order valence-corrected chi connectivity index (χ4v) is 3.37. The molecule has 1 aliphatic rings. The minimum atomic E-state index is 0.147. The van der Waals surface area contributed by atoms with E-state index in [0.717, 1.165) is 28.5 Å². The van der Waals surface area contributed by atoms with Crippen molar-refractivity contribution in [2.75, 3.05) is 0 Å². The Balaban J connectivity index is 2.03. The zero-order valence-corrected chi connectivity index (χ0v) is 13.7. The third kappa shape index (κ3) is 2.76. The van der Waals surface area contributed by atoms with Crippen molar-refractivity contribution in [2.45, 2.75) is 58.1 Å². The maximum Gasteiger partial charge on any atom is 0.147 e. The smallest absolute Gasteiger partial charge is 0.147 e. The molecule has 0 saturated heterocycles. The Morgan fingerprint density at radius 3 is 2.90 bits per heavy atom. The zero-order chi connectivity index (χ0) is 15.0. The van der Waals surface area contributed by atoms with Gasteiger partial charge in [-0.2, -0.15) is 0 Å². The van der Waals surface area contributed by atoms with Gasteiger partial charge >= 0.3 is 0 Å². The Labute approximate surface area is 131 Å². The van der Waals surface area contributed by atoms with Crippen molar-refractivity contribution in [2.24, 2.45) is 5.92 Å². The summed E-state index contributed by atoms with van der Waals surface area (Å²) in [5.74, 6) is 3.06. The molecular weight excluding hydrogens is 284 g/mol. The molecule has 1 saturated carbocycles. The summed E-state index contributed by atoms with van der Waals surface area (Å²) < 4.78 is 8.24. The third-order valence-corrected chi connectivity index (χ3v) is 4.35. The van der Waals surface area contributed by atoms with E-state index in [1.165, 1.54) is 19.3 Å². The van der Waals surface area contributed by atoms with Crippen molar-refractivity contribution < 1.29 is 4.74 Å². The first-order valence-electron chi connectivity index (χ1n) is 7.88. The summed E-state index contributed by atoms with van der Waals surface area (Å²) in [5, 5.41) is 0. The molecule has 0 aliphatic heterocycles. The van der Waals surface area contributed by atoms with E-state index in [2.05, 4.69) is 17.6 Å². The minimum absolute atomic E-state index is 0.147. The van der Waals surface area contributed by atoms with Gasteiger partial charge in [0, 0.05) is 6.04 Å². The summed E-state index contributed by atoms with van der Waals surface area (Å²) in [6, 6.07) is 6.74. The van der Waals surface area contributed by atoms with Gasteiger partial charge in [0.05, 0.1) is 17.5 Å². The van der Waals surface area contributed by atoms with Gasteiger partial charge in [-0.3, -0.25) is 0 Å². The molecule has 2 aromatic rings. The molecule has 0 bridgehead atoms. The Morgan fingerprint density at radius 2 is 2.24 bits per heavy atom. The maximum atomic E-state index is 6.13. The average Bonchev–Trinajstić information content (AvgIpc) is 3.09. The number of aromatic nitrogens is 2. The molecule has 2 atom stereocenters. The van der Waals surface area contributed by atoms with Gasteiger partial charge in [0.1, 0.15) is 17.1 Å². The Hall–Kier alpha value is -1.22. The van der Waals surface area contributed by atoms with E-state index in [-0.39, 0.29) is 6.10 Å². The normalized spacial score (nSPS) is 21.2. The second kappa shape index (κ2) is 5.88. The van der Waals surface area contributed by atoms with Crippen LogP contribution in [0.1, 0.15) is 51.9 Å². The zero-order valence-electron chi connectivity index (χ0n) is 13.0. The highest BCUT2D eigenvalue weighted by atomic mass is 35.5. The number of benzene rings is 1. The fourth-order valence-electron chi connectivity index (χ4n) is 3.18. The van der Waals surface area contributed by atoms with E-state index in [0.29, 0.717) is 11.9 Å². The molecule has 114 valence electrons. The SMILES string of the molecule is CCCC1CC1n1c(CCl)nc2c(OC(C)C)cccc21. The van der Waals surface area contributed by atoms with Crippen molar-refractivity contribution in [1.82, 2.24) is 9.55 Å². The van der Waals surface area contributed by atoms with Crippen molar-refractivity contribution >= 4 is 22.6 Å². The number of hydrogen-bond donors (Lipinski definition) is 0. The number of fused-ring (bicyclic) bond motifs is 1. The predicted octanol–water partition coefficient (Wildman–Crippen LogP) is 4.92. The van der Waals surface area contributed by atoms with Crippen LogP contribution < -0.4 is 4.74 Å². The molecule has 1 aromatic carbocycles. The number of para-hydroxylation sites is 1. The lowest BCUT2D eigenvalue weighted by atomic mass is 10.2. The summed E-state index contributed by atoms with van der Waals surface area (Å²) in [4.78, 5) is 4.75. The first kappa shape index (κ1) is 14.7. The molecule has 1 heterocycles. The van der Waals surface area contributed by atoms with Crippen molar-refractivity contribution in [3.63, 3.8) is 0 Å². The number of hydrogen-bond acceptors (Lipinski definition) is 2. The summed E-state index contributed by atoms with van der Waals surface area (Å²) >= 11 is 6.13. The standard InChI is InChI=1S/C17H23ClN2O/c1-4-6-12-9-14(12)20-13-7-5-8-15(21-11(2)3)17(13)19-16(20)10-18/h5,7-8,11-12,14H,4,6,9-10H2,1-3H3. The molecule has 1 aromatic heterocycles. The van der Waals surface area contributed by atoms with Crippen LogP contribution in [0.2, 0.25) is 0 Å². The largest absolute Gasteiger partial charge is 0.489 e. The lowest BCUT2D eigenvalue weighted by Gasteiger charge is -2.10. The van der Waals surface area contributed by atoms with E-state index < -0.39 is 0 Å². The lowest BCUT2D eigenvalue weighted by Crippen LogP contribution is -2.05. The number of halogens is 1. The van der Waals surface area contributed by atoms with Crippen LogP contribution in [-0.4, -0.2) is 15.7 Å². The van der Waals surface area contributed by atoms with Crippen LogP contribution >= 0.6 is 11.6 Å². The number of nitrogens with zero attached hydrogens (tertiary/aromatic N) is 2. The first-order valence-corrected chi connectivity index (χ1v) is 8.41. The second-order valence-electron chi connectivity index (χ2n) is 6.17. The molecule has 0 radical (unpaired) electrons. The fraction of sp³-hybridized carbons (Fsp3) is 0.588. The van der Waals surface area contributed by atoms with Gasteiger partial charge in [-0.1, -0.05) is 19.4 Å². The summed E-state index contributed by atoms with van der Waals surface area (Å²) in [6.45, 7) is 6.32. The molecule has 21 heavy (non-hydrogen) atoms. The second-order valence-corrected chi connectivity index (χ2v) is 6.44. The van der Waals surface area contributed by atoms with Crippen molar-refractivity contribution in [3.8, 4) is 5.75 Å².